The van der Waals surface area contributed by atoms with Gasteiger partial charge in [0.2, 0.25) is 0 Å². The van der Waals surface area contributed by atoms with E-state index in [1.165, 1.54) is 0 Å². The van der Waals surface area contributed by atoms with E-state index in [2.05, 4.69) is 6.92 Å². The Morgan fingerprint density at radius 3 is 2.14 bits per heavy atom. The summed E-state index contributed by atoms with van der Waals surface area (Å²) in [6, 6.07) is 0. The Bertz CT molecular complexity index is 136. The number of hydrogen-bond donors (Lipinski definition) is 4. The molecule has 0 spiro atoms. The first kappa shape index (κ1) is 13.8. The number of hydrogen-bond acceptors (Lipinski definition) is 4. The van der Waals surface area contributed by atoms with Gasteiger partial charge in [0.1, 0.15) is 0 Å². The highest BCUT2D eigenvalue weighted by molar-refractivity contribution is 4.74. The molecule has 0 aromatic carbocycles. The summed E-state index contributed by atoms with van der Waals surface area (Å²) in [7, 11) is 0. The van der Waals surface area contributed by atoms with Crippen molar-refractivity contribution in [1.29, 1.82) is 0 Å². The summed E-state index contributed by atoms with van der Waals surface area (Å²) in [5.41, 5.74) is 0. The third-order valence-electron chi connectivity index (χ3n) is 2.51. The van der Waals surface area contributed by atoms with Crippen molar-refractivity contribution in [2.45, 2.75) is 44.8 Å². The van der Waals surface area contributed by atoms with Gasteiger partial charge in [0.25, 0.3) is 0 Å². The molecular weight excluding hydrogens is 184 g/mol. The van der Waals surface area contributed by atoms with E-state index in [1.54, 1.807) is 0 Å². The summed E-state index contributed by atoms with van der Waals surface area (Å²) in [4.78, 5) is 0. The molecule has 0 radical (unpaired) electrons. The number of aliphatic hydroxyl groups excluding tert-OH is 2. The van der Waals surface area contributed by atoms with Crippen LogP contribution < -0.4 is 0 Å². The van der Waals surface area contributed by atoms with E-state index < -0.39 is 18.3 Å². The van der Waals surface area contributed by atoms with Crippen LogP contribution in [0, 0.1) is 5.92 Å². The van der Waals surface area contributed by atoms with Crippen molar-refractivity contribution in [1.82, 2.24) is 0 Å². The van der Waals surface area contributed by atoms with Gasteiger partial charge in [-0.1, -0.05) is 32.6 Å². The zero-order valence-corrected chi connectivity index (χ0v) is 8.82. The van der Waals surface area contributed by atoms with E-state index in [-0.39, 0.29) is 6.61 Å². The predicted molar refractivity (Wildman–Crippen MR) is 53.6 cm³/mol. The van der Waals surface area contributed by atoms with Gasteiger partial charge < -0.3 is 20.4 Å². The van der Waals surface area contributed by atoms with Crippen molar-refractivity contribution >= 4 is 0 Å². The van der Waals surface area contributed by atoms with Crippen molar-refractivity contribution in [3.8, 4) is 0 Å². The van der Waals surface area contributed by atoms with Gasteiger partial charge in [0.15, 0.2) is 5.79 Å². The predicted octanol–water partition coefficient (Wildman–Crippen LogP) is 0.238. The van der Waals surface area contributed by atoms with Crippen molar-refractivity contribution < 1.29 is 20.4 Å². The molecule has 0 amide bonds. The summed E-state index contributed by atoms with van der Waals surface area (Å²) in [6.45, 7) is 1.06. The summed E-state index contributed by atoms with van der Waals surface area (Å²) in [5, 5.41) is 36.2. The Balaban J connectivity index is 3.79. The molecule has 0 aliphatic carbocycles. The van der Waals surface area contributed by atoms with Crippen LogP contribution in [0.4, 0.5) is 0 Å². The smallest absolute Gasteiger partial charge is 0.191 e. The molecule has 0 saturated carbocycles. The van der Waals surface area contributed by atoms with Gasteiger partial charge in [-0.2, -0.15) is 0 Å². The van der Waals surface area contributed by atoms with Gasteiger partial charge in [0, 0.05) is 5.92 Å². The molecule has 0 fully saturated rings. The zero-order chi connectivity index (χ0) is 11.0. The summed E-state index contributed by atoms with van der Waals surface area (Å²) in [6.07, 6.45) is 4.63. The zero-order valence-electron chi connectivity index (χ0n) is 8.82. The summed E-state index contributed by atoms with van der Waals surface area (Å²) in [5.74, 6) is -2.79. The lowest BCUT2D eigenvalue weighted by molar-refractivity contribution is -0.230. The Hall–Kier alpha value is -0.160. The molecule has 0 aliphatic heterocycles. The maximum atomic E-state index is 9.29. The van der Waals surface area contributed by atoms with Crippen LogP contribution in [0.2, 0.25) is 0 Å². The Morgan fingerprint density at radius 1 is 1.07 bits per heavy atom. The third-order valence-corrected chi connectivity index (χ3v) is 2.51. The highest BCUT2D eigenvalue weighted by atomic mass is 16.5. The van der Waals surface area contributed by atoms with Crippen molar-refractivity contribution in [2.24, 2.45) is 5.92 Å². The van der Waals surface area contributed by atoms with Gasteiger partial charge in [-0.25, -0.2) is 0 Å². The fraction of sp³-hybridized carbons (Fsp3) is 1.00. The second-order valence-electron chi connectivity index (χ2n) is 3.77. The standard InChI is InChI=1S/C10H22O4/c1-2-3-4-5-6-9(7-11)10(13,14)8-12/h9,11-14H,2-8H2,1H3. The van der Waals surface area contributed by atoms with Crippen molar-refractivity contribution in [3.63, 3.8) is 0 Å². The van der Waals surface area contributed by atoms with Crippen LogP contribution >= 0.6 is 0 Å². The monoisotopic (exact) mass is 206 g/mol. The first-order chi connectivity index (χ1) is 6.58. The van der Waals surface area contributed by atoms with E-state index in [9.17, 15) is 10.2 Å². The van der Waals surface area contributed by atoms with Crippen molar-refractivity contribution in [3.05, 3.63) is 0 Å². The maximum absolute atomic E-state index is 9.29. The van der Waals surface area contributed by atoms with Crippen LogP contribution in [0.15, 0.2) is 0 Å². The molecule has 86 valence electrons. The second kappa shape index (κ2) is 7.17. The quantitative estimate of drug-likeness (QED) is 0.339. The topological polar surface area (TPSA) is 80.9 Å². The van der Waals surface area contributed by atoms with Crippen LogP contribution in [-0.2, 0) is 0 Å². The van der Waals surface area contributed by atoms with Crippen LogP contribution in [0.25, 0.3) is 0 Å². The van der Waals surface area contributed by atoms with Gasteiger partial charge >= 0.3 is 0 Å². The van der Waals surface area contributed by atoms with E-state index in [1.807, 2.05) is 0 Å². The van der Waals surface area contributed by atoms with E-state index >= 15 is 0 Å². The lowest BCUT2D eigenvalue weighted by Gasteiger charge is -2.28. The molecule has 0 aromatic heterocycles. The SMILES string of the molecule is CCCCCCC(CO)C(O)(O)CO. The molecule has 0 saturated heterocycles. The largest absolute Gasteiger partial charge is 0.396 e. The van der Waals surface area contributed by atoms with Crippen LogP contribution in [0.3, 0.4) is 0 Å². The van der Waals surface area contributed by atoms with Gasteiger partial charge in [0.05, 0.1) is 13.2 Å². The summed E-state index contributed by atoms with van der Waals surface area (Å²) < 4.78 is 0. The van der Waals surface area contributed by atoms with Crippen LogP contribution in [0.5, 0.6) is 0 Å². The van der Waals surface area contributed by atoms with Gasteiger partial charge in [-0.15, -0.1) is 0 Å². The molecule has 0 aliphatic rings. The molecule has 4 heteroatoms. The average Bonchev–Trinajstić information content (AvgIpc) is 2.17. The molecule has 1 unspecified atom stereocenters. The van der Waals surface area contributed by atoms with Crippen molar-refractivity contribution in [2.75, 3.05) is 13.2 Å². The molecule has 14 heavy (non-hydrogen) atoms. The highest BCUT2D eigenvalue weighted by Crippen LogP contribution is 2.20. The van der Waals surface area contributed by atoms with E-state index in [0.717, 1.165) is 25.7 Å². The molecule has 0 rings (SSSR count). The van der Waals surface area contributed by atoms with Crippen LogP contribution in [-0.4, -0.2) is 39.4 Å². The van der Waals surface area contributed by atoms with E-state index in [4.69, 9.17) is 10.2 Å². The minimum atomic E-state index is -2.14. The van der Waals surface area contributed by atoms with E-state index in [0.29, 0.717) is 6.42 Å². The lowest BCUT2D eigenvalue weighted by atomic mass is 9.93. The van der Waals surface area contributed by atoms with Crippen LogP contribution in [0.1, 0.15) is 39.0 Å². The Labute approximate surface area is 85.2 Å². The number of unbranched alkanes of at least 4 members (excludes halogenated alkanes) is 3. The Morgan fingerprint density at radius 2 is 1.71 bits per heavy atom. The Kier molecular flexibility index (Phi) is 7.09. The third kappa shape index (κ3) is 4.91. The van der Waals surface area contributed by atoms with Gasteiger partial charge in [-0.05, 0) is 6.42 Å². The molecule has 0 heterocycles. The molecule has 0 aromatic rings. The fourth-order valence-corrected chi connectivity index (χ4v) is 1.42. The number of aliphatic hydroxyl groups is 4. The molecule has 1 atom stereocenters. The lowest BCUT2D eigenvalue weighted by Crippen LogP contribution is -2.43. The minimum Gasteiger partial charge on any atom is -0.396 e. The van der Waals surface area contributed by atoms with Gasteiger partial charge in [-0.3, -0.25) is 0 Å². The molecule has 4 nitrogen and oxygen atoms in total. The molecule has 4 N–H and O–H groups in total. The highest BCUT2D eigenvalue weighted by Gasteiger charge is 2.32. The average molecular weight is 206 g/mol. The second-order valence-corrected chi connectivity index (χ2v) is 3.77. The first-order valence-corrected chi connectivity index (χ1v) is 5.25. The normalized spacial score (nSPS) is 14.4. The summed E-state index contributed by atoms with van der Waals surface area (Å²) >= 11 is 0. The molecular formula is C10H22O4. The first-order valence-electron chi connectivity index (χ1n) is 5.25. The fourth-order valence-electron chi connectivity index (χ4n) is 1.42. The molecule has 0 bridgehead atoms. The number of rotatable bonds is 8. The minimum absolute atomic E-state index is 0.306. The maximum Gasteiger partial charge on any atom is 0.191 e.